The Balaban J connectivity index is 1.61. The van der Waals surface area contributed by atoms with Gasteiger partial charge in [0, 0.05) is 18.1 Å². The molecule has 0 aliphatic rings. The summed E-state index contributed by atoms with van der Waals surface area (Å²) in [5.74, 6) is 0.787. The van der Waals surface area contributed by atoms with Crippen LogP contribution in [0, 0.1) is 6.92 Å². The van der Waals surface area contributed by atoms with Crippen molar-refractivity contribution < 1.29 is 0 Å². The Hall–Kier alpha value is -2.40. The second kappa shape index (κ2) is 5.42. The maximum absolute atomic E-state index is 4.71. The highest BCUT2D eigenvalue weighted by Gasteiger charge is 2.08. The number of thioether (sulfide) groups is 1. The molecule has 4 nitrogen and oxygen atoms in total. The molecule has 4 rings (SSSR count). The highest BCUT2D eigenvalue weighted by molar-refractivity contribution is 7.98. The minimum absolute atomic E-state index is 0.787. The quantitative estimate of drug-likeness (QED) is 0.539. The van der Waals surface area contributed by atoms with E-state index in [0.29, 0.717) is 0 Å². The number of aryl methyl sites for hydroxylation is 1. The van der Waals surface area contributed by atoms with Crippen molar-refractivity contribution in [3.05, 3.63) is 66.2 Å². The Morgan fingerprint density at radius 1 is 0.955 bits per heavy atom. The molecule has 0 aliphatic carbocycles. The van der Waals surface area contributed by atoms with E-state index >= 15 is 0 Å². The highest BCUT2D eigenvalue weighted by Crippen LogP contribution is 2.25. The molecule has 0 saturated carbocycles. The van der Waals surface area contributed by atoms with Crippen LogP contribution in [0.1, 0.15) is 11.4 Å². The Labute approximate surface area is 132 Å². The van der Waals surface area contributed by atoms with Crippen molar-refractivity contribution in [3.8, 4) is 0 Å². The van der Waals surface area contributed by atoms with Crippen molar-refractivity contribution in [2.75, 3.05) is 0 Å². The van der Waals surface area contributed by atoms with Crippen LogP contribution in [-0.4, -0.2) is 19.4 Å². The van der Waals surface area contributed by atoms with Gasteiger partial charge in [0.2, 0.25) is 0 Å². The molecule has 0 N–H and O–H groups in total. The maximum Gasteiger partial charge on any atom is 0.137 e. The minimum Gasteiger partial charge on any atom is -0.307 e. The number of para-hydroxylation sites is 2. The zero-order valence-electron chi connectivity index (χ0n) is 12.1. The van der Waals surface area contributed by atoms with Crippen LogP contribution < -0.4 is 0 Å². The van der Waals surface area contributed by atoms with Crippen molar-refractivity contribution in [2.45, 2.75) is 17.7 Å². The lowest BCUT2D eigenvalue weighted by atomic mass is 10.3. The standard InChI is InChI=1S/C17H14N4S/c1-12-17(20-15-7-3-2-6-14(15)18-12)22-11-13-10-21-9-5-4-8-16(21)19-13/h2-10H,11H2,1H3. The third kappa shape index (κ3) is 2.44. The largest absolute Gasteiger partial charge is 0.307 e. The first-order valence-corrected chi connectivity index (χ1v) is 8.07. The average Bonchev–Trinajstić information content (AvgIpc) is 2.95. The molecule has 0 aliphatic heterocycles. The average molecular weight is 306 g/mol. The van der Waals surface area contributed by atoms with Gasteiger partial charge >= 0.3 is 0 Å². The summed E-state index contributed by atoms with van der Waals surface area (Å²) in [4.78, 5) is 13.9. The van der Waals surface area contributed by atoms with Crippen LogP contribution >= 0.6 is 11.8 Å². The van der Waals surface area contributed by atoms with Gasteiger partial charge in [-0.1, -0.05) is 30.0 Å². The van der Waals surface area contributed by atoms with Gasteiger partial charge in [-0.05, 0) is 31.2 Å². The number of imidazole rings is 1. The topological polar surface area (TPSA) is 43.1 Å². The van der Waals surface area contributed by atoms with Crippen LogP contribution in [-0.2, 0) is 5.75 Å². The van der Waals surface area contributed by atoms with Crippen LogP contribution in [0.15, 0.2) is 59.9 Å². The molecule has 0 radical (unpaired) electrons. The fourth-order valence-electron chi connectivity index (χ4n) is 2.41. The predicted molar refractivity (Wildman–Crippen MR) is 89.0 cm³/mol. The van der Waals surface area contributed by atoms with Gasteiger partial charge in [0.25, 0.3) is 0 Å². The molecule has 3 aromatic heterocycles. The van der Waals surface area contributed by atoms with Gasteiger partial charge in [-0.15, -0.1) is 0 Å². The Morgan fingerprint density at radius 3 is 2.55 bits per heavy atom. The summed E-state index contributed by atoms with van der Waals surface area (Å²) in [6.45, 7) is 2.01. The number of pyridine rings is 1. The van der Waals surface area contributed by atoms with Crippen molar-refractivity contribution in [3.63, 3.8) is 0 Å². The lowest BCUT2D eigenvalue weighted by Crippen LogP contribution is -1.93. The Kier molecular flexibility index (Phi) is 3.27. The predicted octanol–water partition coefficient (Wildman–Crippen LogP) is 3.88. The molecule has 0 fully saturated rings. The van der Waals surface area contributed by atoms with E-state index in [1.807, 2.05) is 60.0 Å². The summed E-state index contributed by atoms with van der Waals surface area (Å²) in [5.41, 5.74) is 4.86. The van der Waals surface area contributed by atoms with Crippen molar-refractivity contribution >= 4 is 28.4 Å². The highest BCUT2D eigenvalue weighted by atomic mass is 32.2. The van der Waals surface area contributed by atoms with Crippen LogP contribution in [0.2, 0.25) is 0 Å². The van der Waals surface area contributed by atoms with E-state index in [4.69, 9.17) is 4.98 Å². The molecule has 0 unspecified atom stereocenters. The molecule has 22 heavy (non-hydrogen) atoms. The third-order valence-corrected chi connectivity index (χ3v) is 4.57. The monoisotopic (exact) mass is 306 g/mol. The van der Waals surface area contributed by atoms with Gasteiger partial charge in [0.05, 0.1) is 22.4 Å². The number of aromatic nitrogens is 4. The smallest absolute Gasteiger partial charge is 0.137 e. The first-order valence-electron chi connectivity index (χ1n) is 7.08. The van der Waals surface area contributed by atoms with Crippen LogP contribution in [0.4, 0.5) is 0 Å². The number of hydrogen-bond donors (Lipinski definition) is 0. The normalized spacial score (nSPS) is 11.3. The zero-order chi connectivity index (χ0) is 14.9. The summed E-state index contributed by atoms with van der Waals surface area (Å²) in [5, 5.41) is 0.968. The number of hydrogen-bond acceptors (Lipinski definition) is 4. The first kappa shape index (κ1) is 13.3. The van der Waals surface area contributed by atoms with Gasteiger partial charge in [-0.25, -0.2) is 15.0 Å². The van der Waals surface area contributed by atoms with Gasteiger partial charge in [-0.2, -0.15) is 0 Å². The summed E-state index contributed by atoms with van der Waals surface area (Å²) in [6.07, 6.45) is 4.07. The second-order valence-electron chi connectivity index (χ2n) is 5.09. The molecule has 0 bridgehead atoms. The van der Waals surface area contributed by atoms with E-state index in [1.54, 1.807) is 11.8 Å². The van der Waals surface area contributed by atoms with Gasteiger partial charge in [-0.3, -0.25) is 0 Å². The molecule has 3 heterocycles. The lowest BCUT2D eigenvalue weighted by molar-refractivity contribution is 1.04. The fourth-order valence-corrected chi connectivity index (χ4v) is 3.25. The fraction of sp³-hybridized carbons (Fsp3) is 0.118. The number of fused-ring (bicyclic) bond motifs is 2. The summed E-state index contributed by atoms with van der Waals surface area (Å²) in [7, 11) is 0. The molecule has 0 spiro atoms. The van der Waals surface area contributed by atoms with Crippen molar-refractivity contribution in [1.82, 2.24) is 19.4 Å². The van der Waals surface area contributed by atoms with Crippen molar-refractivity contribution in [1.29, 1.82) is 0 Å². The van der Waals surface area contributed by atoms with E-state index in [-0.39, 0.29) is 0 Å². The molecule has 0 atom stereocenters. The SMILES string of the molecule is Cc1nc2ccccc2nc1SCc1cn2ccccc2n1. The van der Waals surface area contributed by atoms with Crippen LogP contribution in [0.5, 0.6) is 0 Å². The third-order valence-electron chi connectivity index (χ3n) is 3.47. The Morgan fingerprint density at radius 2 is 1.73 bits per heavy atom. The van der Waals surface area contributed by atoms with Gasteiger partial charge in [0.15, 0.2) is 0 Å². The summed E-state index contributed by atoms with van der Waals surface area (Å²) in [6, 6.07) is 14.0. The molecule has 108 valence electrons. The summed E-state index contributed by atoms with van der Waals surface area (Å²) < 4.78 is 2.04. The van der Waals surface area contributed by atoms with E-state index in [0.717, 1.165) is 38.8 Å². The van der Waals surface area contributed by atoms with E-state index in [9.17, 15) is 0 Å². The molecule has 0 saturated heterocycles. The maximum atomic E-state index is 4.71. The number of benzene rings is 1. The zero-order valence-corrected chi connectivity index (χ0v) is 12.9. The molecule has 5 heteroatoms. The first-order chi connectivity index (χ1) is 10.8. The molecular weight excluding hydrogens is 292 g/mol. The van der Waals surface area contributed by atoms with Gasteiger partial charge in [0.1, 0.15) is 10.7 Å². The second-order valence-corrected chi connectivity index (χ2v) is 6.05. The van der Waals surface area contributed by atoms with Crippen LogP contribution in [0.25, 0.3) is 16.7 Å². The van der Waals surface area contributed by atoms with Gasteiger partial charge < -0.3 is 4.40 Å². The Bertz CT molecular complexity index is 928. The van der Waals surface area contributed by atoms with E-state index in [2.05, 4.69) is 16.2 Å². The molecule has 4 aromatic rings. The molecular formula is C17H14N4S. The minimum atomic E-state index is 0.787. The van der Waals surface area contributed by atoms with E-state index in [1.165, 1.54) is 0 Å². The van der Waals surface area contributed by atoms with Crippen LogP contribution in [0.3, 0.4) is 0 Å². The number of nitrogens with zero attached hydrogens (tertiary/aromatic N) is 4. The molecule has 1 aromatic carbocycles. The lowest BCUT2D eigenvalue weighted by Gasteiger charge is -2.05. The molecule has 0 amide bonds. The number of rotatable bonds is 3. The van der Waals surface area contributed by atoms with Crippen molar-refractivity contribution in [2.24, 2.45) is 0 Å². The summed E-state index contributed by atoms with van der Waals surface area (Å²) >= 11 is 1.68. The van der Waals surface area contributed by atoms with E-state index < -0.39 is 0 Å².